The molecule has 1 atom stereocenters. The molecule has 1 saturated heterocycles. The third-order valence-corrected chi connectivity index (χ3v) is 7.13. The number of halogens is 1. The summed E-state index contributed by atoms with van der Waals surface area (Å²) in [7, 11) is 1.75. The Kier molecular flexibility index (Phi) is 6.68. The fourth-order valence-electron chi connectivity index (χ4n) is 5.01. The summed E-state index contributed by atoms with van der Waals surface area (Å²) in [6.45, 7) is 6.41. The van der Waals surface area contributed by atoms with Crippen LogP contribution in [0.4, 0.5) is 4.39 Å². The Morgan fingerprint density at radius 2 is 2.16 bits per heavy atom. The lowest BCUT2D eigenvalue weighted by Gasteiger charge is -2.40. The standard InChI is InChI=1S/C24H32FN3O3S/c1-23(2,30)15-27(3)22(29)18(10-20-14-32-16-26-20)12-28-8-6-24(7-9-28)21-11-19(25)5-4-17(21)13-31-24/h4-5,11,14,16,18,30H,6-10,12-13,15H2,1-3H3. The molecule has 2 aromatic rings. The lowest BCUT2D eigenvalue weighted by Crippen LogP contribution is -2.48. The minimum Gasteiger partial charge on any atom is -0.389 e. The van der Waals surface area contributed by atoms with Crippen LogP contribution in [-0.2, 0) is 28.2 Å². The van der Waals surface area contributed by atoms with Crippen LogP contribution in [0.3, 0.4) is 0 Å². The second kappa shape index (κ2) is 9.17. The first kappa shape index (κ1) is 23.3. The summed E-state index contributed by atoms with van der Waals surface area (Å²) in [6, 6.07) is 4.94. The number of thiazole rings is 1. The van der Waals surface area contributed by atoms with Gasteiger partial charge < -0.3 is 19.6 Å². The smallest absolute Gasteiger partial charge is 0.227 e. The number of piperidine rings is 1. The van der Waals surface area contributed by atoms with E-state index in [1.807, 2.05) is 11.4 Å². The van der Waals surface area contributed by atoms with Gasteiger partial charge in [-0.1, -0.05) is 6.07 Å². The number of amides is 1. The molecular weight excluding hydrogens is 429 g/mol. The zero-order valence-corrected chi connectivity index (χ0v) is 19.8. The molecule has 1 N–H and O–H groups in total. The van der Waals surface area contributed by atoms with Gasteiger partial charge in [0.15, 0.2) is 0 Å². The van der Waals surface area contributed by atoms with E-state index in [0.717, 1.165) is 42.8 Å². The third-order valence-electron chi connectivity index (χ3n) is 6.50. The molecule has 0 bridgehead atoms. The van der Waals surface area contributed by atoms with E-state index in [-0.39, 0.29) is 24.2 Å². The van der Waals surface area contributed by atoms with Crippen molar-refractivity contribution in [1.29, 1.82) is 0 Å². The van der Waals surface area contributed by atoms with Crippen LogP contribution < -0.4 is 0 Å². The summed E-state index contributed by atoms with van der Waals surface area (Å²) in [5, 5.41) is 12.1. The van der Waals surface area contributed by atoms with Gasteiger partial charge in [-0.2, -0.15) is 0 Å². The normalized spacial score (nSPS) is 19.2. The summed E-state index contributed by atoms with van der Waals surface area (Å²) in [5.41, 5.74) is 3.40. The van der Waals surface area contributed by atoms with Gasteiger partial charge in [-0.15, -0.1) is 11.3 Å². The van der Waals surface area contributed by atoms with Crippen molar-refractivity contribution in [2.45, 2.75) is 50.9 Å². The monoisotopic (exact) mass is 461 g/mol. The van der Waals surface area contributed by atoms with Crippen molar-refractivity contribution in [2.75, 3.05) is 33.2 Å². The van der Waals surface area contributed by atoms with Gasteiger partial charge in [-0.05, 0) is 49.9 Å². The highest BCUT2D eigenvalue weighted by Gasteiger charge is 2.43. The van der Waals surface area contributed by atoms with Gasteiger partial charge in [-0.3, -0.25) is 4.79 Å². The number of carbonyl (C=O) groups is 1. The number of rotatable bonds is 7. The van der Waals surface area contributed by atoms with Gasteiger partial charge in [-0.25, -0.2) is 9.37 Å². The Labute approximate surface area is 193 Å². The number of likely N-dealkylation sites (tertiary alicyclic amines) is 1. The molecule has 0 saturated carbocycles. The van der Waals surface area contributed by atoms with E-state index < -0.39 is 11.2 Å². The lowest BCUT2D eigenvalue weighted by molar-refractivity contribution is -0.138. The highest BCUT2D eigenvalue weighted by atomic mass is 32.1. The topological polar surface area (TPSA) is 65.9 Å². The molecule has 1 spiro atoms. The highest BCUT2D eigenvalue weighted by Crippen LogP contribution is 2.44. The Balaban J connectivity index is 1.43. The molecule has 8 heteroatoms. The first-order valence-corrected chi connectivity index (χ1v) is 12.1. The molecule has 32 heavy (non-hydrogen) atoms. The molecule has 2 aliphatic rings. The number of benzene rings is 1. The van der Waals surface area contributed by atoms with Gasteiger partial charge in [0.05, 0.1) is 34.9 Å². The van der Waals surface area contributed by atoms with Gasteiger partial charge in [0.25, 0.3) is 0 Å². The van der Waals surface area contributed by atoms with E-state index in [2.05, 4.69) is 9.88 Å². The molecular formula is C24H32FN3O3S. The fraction of sp³-hybridized carbons (Fsp3) is 0.583. The molecule has 1 aromatic carbocycles. The van der Waals surface area contributed by atoms with Crippen LogP contribution in [0.5, 0.6) is 0 Å². The lowest BCUT2D eigenvalue weighted by atomic mass is 9.83. The molecule has 1 amide bonds. The van der Waals surface area contributed by atoms with E-state index in [1.54, 1.807) is 37.4 Å². The second-order valence-electron chi connectivity index (χ2n) is 9.77. The number of hydrogen-bond acceptors (Lipinski definition) is 6. The molecule has 1 unspecified atom stereocenters. The first-order valence-electron chi connectivity index (χ1n) is 11.1. The van der Waals surface area contributed by atoms with E-state index in [9.17, 15) is 14.3 Å². The van der Waals surface area contributed by atoms with E-state index in [0.29, 0.717) is 19.6 Å². The number of aromatic nitrogens is 1. The number of nitrogens with zero attached hydrogens (tertiary/aromatic N) is 3. The van der Waals surface area contributed by atoms with Crippen LogP contribution in [0.15, 0.2) is 29.1 Å². The predicted octanol–water partition coefficient (Wildman–Crippen LogP) is 3.19. The van der Waals surface area contributed by atoms with Crippen molar-refractivity contribution < 1.29 is 19.0 Å². The van der Waals surface area contributed by atoms with E-state index >= 15 is 0 Å². The number of aliphatic hydroxyl groups is 1. The van der Waals surface area contributed by atoms with E-state index in [1.165, 1.54) is 17.4 Å². The minimum atomic E-state index is -0.949. The number of ether oxygens (including phenoxy) is 1. The maximum Gasteiger partial charge on any atom is 0.227 e. The quantitative estimate of drug-likeness (QED) is 0.686. The molecule has 6 nitrogen and oxygen atoms in total. The molecule has 0 radical (unpaired) electrons. The minimum absolute atomic E-state index is 0.0185. The van der Waals surface area contributed by atoms with Crippen LogP contribution in [0.1, 0.15) is 43.5 Å². The van der Waals surface area contributed by atoms with Gasteiger partial charge in [0, 0.05) is 45.0 Å². The van der Waals surface area contributed by atoms with Crippen molar-refractivity contribution in [2.24, 2.45) is 5.92 Å². The van der Waals surface area contributed by atoms with Crippen LogP contribution in [0.2, 0.25) is 0 Å². The Morgan fingerprint density at radius 1 is 1.41 bits per heavy atom. The zero-order valence-electron chi connectivity index (χ0n) is 19.0. The second-order valence-corrected chi connectivity index (χ2v) is 10.5. The molecule has 174 valence electrons. The number of carbonyl (C=O) groups excluding carboxylic acids is 1. The summed E-state index contributed by atoms with van der Waals surface area (Å²) in [6.07, 6.45) is 2.13. The Morgan fingerprint density at radius 3 is 2.81 bits per heavy atom. The van der Waals surface area contributed by atoms with E-state index in [4.69, 9.17) is 4.74 Å². The summed E-state index contributed by atoms with van der Waals surface area (Å²) in [4.78, 5) is 21.6. The van der Waals surface area contributed by atoms with Gasteiger partial charge >= 0.3 is 0 Å². The highest BCUT2D eigenvalue weighted by molar-refractivity contribution is 7.07. The number of fused-ring (bicyclic) bond motifs is 2. The largest absolute Gasteiger partial charge is 0.389 e. The molecule has 2 aliphatic heterocycles. The zero-order chi connectivity index (χ0) is 22.9. The molecule has 1 fully saturated rings. The average molecular weight is 462 g/mol. The van der Waals surface area contributed by atoms with Gasteiger partial charge in [0.1, 0.15) is 5.82 Å². The number of hydrogen-bond donors (Lipinski definition) is 1. The summed E-state index contributed by atoms with van der Waals surface area (Å²) in [5.74, 6) is -0.447. The van der Waals surface area contributed by atoms with Crippen LogP contribution in [0, 0.1) is 11.7 Å². The van der Waals surface area contributed by atoms with Crippen molar-refractivity contribution in [3.63, 3.8) is 0 Å². The molecule has 1 aromatic heterocycles. The predicted molar refractivity (Wildman–Crippen MR) is 122 cm³/mol. The first-order chi connectivity index (χ1) is 15.2. The van der Waals surface area contributed by atoms with Crippen LogP contribution in [-0.4, -0.2) is 64.6 Å². The number of likely N-dealkylation sites (N-methyl/N-ethyl adjacent to an activating group) is 1. The Bertz CT molecular complexity index is 936. The van der Waals surface area contributed by atoms with Crippen molar-refractivity contribution >= 4 is 17.2 Å². The van der Waals surface area contributed by atoms with Crippen LogP contribution >= 0.6 is 11.3 Å². The average Bonchev–Trinajstić information content (AvgIpc) is 3.36. The Hall–Kier alpha value is -1.87. The molecule has 0 aliphatic carbocycles. The SMILES string of the molecule is CN(CC(C)(C)O)C(=O)C(Cc1cscn1)CN1CCC2(CC1)OCc1ccc(F)cc12. The summed E-state index contributed by atoms with van der Waals surface area (Å²) >= 11 is 1.53. The van der Waals surface area contributed by atoms with Crippen molar-refractivity contribution in [3.05, 3.63) is 51.7 Å². The van der Waals surface area contributed by atoms with Crippen molar-refractivity contribution in [1.82, 2.24) is 14.8 Å². The fourth-order valence-corrected chi connectivity index (χ4v) is 5.58. The van der Waals surface area contributed by atoms with Gasteiger partial charge in [0.2, 0.25) is 5.91 Å². The molecule has 3 heterocycles. The third kappa shape index (κ3) is 5.20. The van der Waals surface area contributed by atoms with Crippen LogP contribution in [0.25, 0.3) is 0 Å². The molecule has 4 rings (SSSR count). The summed E-state index contributed by atoms with van der Waals surface area (Å²) < 4.78 is 20.1. The maximum atomic E-state index is 13.9. The maximum absolute atomic E-state index is 13.9. The van der Waals surface area contributed by atoms with Crippen molar-refractivity contribution in [3.8, 4) is 0 Å².